The summed E-state index contributed by atoms with van der Waals surface area (Å²) in [4.78, 5) is 15.4. The summed E-state index contributed by atoms with van der Waals surface area (Å²) in [6.45, 7) is 3.34. The average molecular weight is 255 g/mol. The topological polar surface area (TPSA) is 35.6 Å². The van der Waals surface area contributed by atoms with Crippen molar-refractivity contribution in [3.8, 4) is 0 Å². The zero-order chi connectivity index (χ0) is 13.4. The third kappa shape index (κ3) is 6.36. The van der Waals surface area contributed by atoms with Gasteiger partial charge in [0.2, 0.25) is 5.91 Å². The van der Waals surface area contributed by atoms with E-state index in [2.05, 4.69) is 17.3 Å². The van der Waals surface area contributed by atoms with Crippen molar-refractivity contribution < 1.29 is 4.79 Å². The van der Waals surface area contributed by atoms with Gasteiger partial charge in [-0.2, -0.15) is 0 Å². The maximum absolute atomic E-state index is 11.4. The van der Waals surface area contributed by atoms with Crippen LogP contribution in [-0.2, 0) is 4.79 Å². The Balaban J connectivity index is 2.02. The molecule has 0 bridgehead atoms. The van der Waals surface area contributed by atoms with E-state index in [4.69, 9.17) is 0 Å². The van der Waals surface area contributed by atoms with Crippen molar-refractivity contribution in [1.82, 2.24) is 15.1 Å². The molecule has 1 amide bonds. The number of hydrogen-bond acceptors (Lipinski definition) is 3. The second-order valence-electron chi connectivity index (χ2n) is 5.63. The van der Waals surface area contributed by atoms with Crippen LogP contribution in [0.4, 0.5) is 0 Å². The third-order valence-corrected chi connectivity index (χ3v) is 3.70. The minimum absolute atomic E-state index is 0.234. The standard InChI is InChI=1S/C14H29N3O/c1-16(2)14(18)8-6-11-17(3)12-9-13-7-4-5-10-15-13/h13,15H,4-12H2,1-3H3. The fourth-order valence-corrected chi connectivity index (χ4v) is 2.38. The van der Waals surface area contributed by atoms with Gasteiger partial charge in [0.25, 0.3) is 0 Å². The lowest BCUT2D eigenvalue weighted by molar-refractivity contribution is -0.128. The minimum Gasteiger partial charge on any atom is -0.349 e. The molecule has 1 N–H and O–H groups in total. The van der Waals surface area contributed by atoms with Crippen LogP contribution in [0.15, 0.2) is 0 Å². The van der Waals surface area contributed by atoms with E-state index in [0.29, 0.717) is 12.5 Å². The largest absolute Gasteiger partial charge is 0.349 e. The molecule has 18 heavy (non-hydrogen) atoms. The van der Waals surface area contributed by atoms with Crippen molar-refractivity contribution in [1.29, 1.82) is 0 Å². The molecular formula is C14H29N3O. The van der Waals surface area contributed by atoms with Crippen LogP contribution in [0.1, 0.15) is 38.5 Å². The molecule has 106 valence electrons. The second-order valence-corrected chi connectivity index (χ2v) is 5.63. The molecule has 0 aliphatic carbocycles. The first-order chi connectivity index (χ1) is 8.59. The summed E-state index contributed by atoms with van der Waals surface area (Å²) in [5.41, 5.74) is 0. The molecule has 1 aliphatic heterocycles. The Morgan fingerprint density at radius 2 is 2.00 bits per heavy atom. The zero-order valence-electron chi connectivity index (χ0n) is 12.2. The molecule has 0 spiro atoms. The lowest BCUT2D eigenvalue weighted by Crippen LogP contribution is -2.37. The van der Waals surface area contributed by atoms with Crippen LogP contribution in [0.2, 0.25) is 0 Å². The van der Waals surface area contributed by atoms with E-state index < -0.39 is 0 Å². The van der Waals surface area contributed by atoms with E-state index in [9.17, 15) is 4.79 Å². The molecule has 1 unspecified atom stereocenters. The lowest BCUT2D eigenvalue weighted by atomic mass is 10.0. The summed E-state index contributed by atoms with van der Waals surface area (Å²) in [5.74, 6) is 0.234. The molecule has 1 rings (SSSR count). The monoisotopic (exact) mass is 255 g/mol. The maximum atomic E-state index is 11.4. The Morgan fingerprint density at radius 1 is 1.22 bits per heavy atom. The molecule has 1 heterocycles. The molecule has 1 aliphatic rings. The highest BCUT2D eigenvalue weighted by molar-refractivity contribution is 5.75. The van der Waals surface area contributed by atoms with Gasteiger partial charge in [0.1, 0.15) is 0 Å². The quantitative estimate of drug-likeness (QED) is 0.745. The van der Waals surface area contributed by atoms with Crippen molar-refractivity contribution in [3.63, 3.8) is 0 Å². The molecule has 1 saturated heterocycles. The smallest absolute Gasteiger partial charge is 0.222 e. The fraction of sp³-hybridized carbons (Fsp3) is 0.929. The normalized spacial score (nSPS) is 20.1. The molecule has 1 fully saturated rings. The van der Waals surface area contributed by atoms with Crippen LogP contribution in [0.5, 0.6) is 0 Å². The lowest BCUT2D eigenvalue weighted by Gasteiger charge is -2.26. The molecule has 0 saturated carbocycles. The van der Waals surface area contributed by atoms with E-state index in [0.717, 1.165) is 19.5 Å². The van der Waals surface area contributed by atoms with E-state index in [-0.39, 0.29) is 5.91 Å². The average Bonchev–Trinajstić information content (AvgIpc) is 2.37. The van der Waals surface area contributed by atoms with Crippen LogP contribution in [0.25, 0.3) is 0 Å². The van der Waals surface area contributed by atoms with Gasteiger partial charge in [0.05, 0.1) is 0 Å². The minimum atomic E-state index is 0.234. The molecular weight excluding hydrogens is 226 g/mol. The van der Waals surface area contributed by atoms with E-state index in [1.54, 1.807) is 4.90 Å². The summed E-state index contributed by atoms with van der Waals surface area (Å²) < 4.78 is 0. The van der Waals surface area contributed by atoms with E-state index in [1.807, 2.05) is 14.1 Å². The number of rotatable bonds is 7. The first-order valence-electron chi connectivity index (χ1n) is 7.21. The van der Waals surface area contributed by atoms with Gasteiger partial charge in [-0.3, -0.25) is 4.79 Å². The van der Waals surface area contributed by atoms with Gasteiger partial charge in [0.15, 0.2) is 0 Å². The summed E-state index contributed by atoms with van der Waals surface area (Å²) in [7, 11) is 5.80. The van der Waals surface area contributed by atoms with Gasteiger partial charge in [-0.25, -0.2) is 0 Å². The van der Waals surface area contributed by atoms with Crippen LogP contribution in [-0.4, -0.2) is 62.5 Å². The van der Waals surface area contributed by atoms with Crippen molar-refractivity contribution in [2.24, 2.45) is 0 Å². The number of nitrogens with zero attached hydrogens (tertiary/aromatic N) is 2. The SMILES string of the molecule is CN(CCCC(=O)N(C)C)CCC1CCCCN1. The number of carbonyl (C=O) groups is 1. The van der Waals surface area contributed by atoms with Crippen LogP contribution >= 0.6 is 0 Å². The van der Waals surface area contributed by atoms with E-state index >= 15 is 0 Å². The Morgan fingerprint density at radius 3 is 2.61 bits per heavy atom. The first kappa shape index (κ1) is 15.4. The van der Waals surface area contributed by atoms with Gasteiger partial charge in [-0.05, 0) is 52.4 Å². The Hall–Kier alpha value is -0.610. The highest BCUT2D eigenvalue weighted by Crippen LogP contribution is 2.10. The first-order valence-corrected chi connectivity index (χ1v) is 7.21. The van der Waals surface area contributed by atoms with Gasteiger partial charge in [-0.1, -0.05) is 6.42 Å². The molecule has 0 aromatic rings. The van der Waals surface area contributed by atoms with Crippen LogP contribution in [0.3, 0.4) is 0 Å². The van der Waals surface area contributed by atoms with Gasteiger partial charge in [0, 0.05) is 26.6 Å². The molecule has 0 radical (unpaired) electrons. The number of nitrogens with one attached hydrogen (secondary N) is 1. The number of piperidine rings is 1. The summed E-state index contributed by atoms with van der Waals surface area (Å²) in [6, 6.07) is 0.713. The summed E-state index contributed by atoms with van der Waals surface area (Å²) >= 11 is 0. The number of amides is 1. The molecule has 4 heteroatoms. The van der Waals surface area contributed by atoms with Crippen LogP contribution < -0.4 is 5.32 Å². The molecule has 4 nitrogen and oxygen atoms in total. The zero-order valence-corrected chi connectivity index (χ0v) is 12.2. The predicted octanol–water partition coefficient (Wildman–Crippen LogP) is 1.32. The van der Waals surface area contributed by atoms with Gasteiger partial charge < -0.3 is 15.1 Å². The summed E-state index contributed by atoms with van der Waals surface area (Å²) in [5, 5.41) is 3.58. The Bertz CT molecular complexity index is 237. The number of carbonyl (C=O) groups excluding carboxylic acids is 1. The van der Waals surface area contributed by atoms with E-state index in [1.165, 1.54) is 32.2 Å². The molecule has 1 atom stereocenters. The highest BCUT2D eigenvalue weighted by Gasteiger charge is 2.13. The number of hydrogen-bond donors (Lipinski definition) is 1. The van der Waals surface area contributed by atoms with Gasteiger partial charge >= 0.3 is 0 Å². The fourth-order valence-electron chi connectivity index (χ4n) is 2.38. The predicted molar refractivity (Wildman–Crippen MR) is 75.7 cm³/mol. The maximum Gasteiger partial charge on any atom is 0.222 e. The molecule has 0 aromatic heterocycles. The second kappa shape index (κ2) is 8.48. The Kier molecular flexibility index (Phi) is 7.28. The molecule has 0 aromatic carbocycles. The van der Waals surface area contributed by atoms with Crippen molar-refractivity contribution in [2.75, 3.05) is 40.8 Å². The van der Waals surface area contributed by atoms with Crippen molar-refractivity contribution in [3.05, 3.63) is 0 Å². The third-order valence-electron chi connectivity index (χ3n) is 3.70. The van der Waals surface area contributed by atoms with Gasteiger partial charge in [-0.15, -0.1) is 0 Å². The Labute approximate surface area is 112 Å². The summed E-state index contributed by atoms with van der Waals surface area (Å²) in [6.07, 6.45) is 6.90. The van der Waals surface area contributed by atoms with Crippen molar-refractivity contribution >= 4 is 5.91 Å². The van der Waals surface area contributed by atoms with Crippen molar-refractivity contribution in [2.45, 2.75) is 44.6 Å². The highest BCUT2D eigenvalue weighted by atomic mass is 16.2. The van der Waals surface area contributed by atoms with Crippen LogP contribution in [0, 0.1) is 0 Å².